The van der Waals surface area contributed by atoms with Crippen LogP contribution in [0, 0.1) is 0 Å². The van der Waals surface area contributed by atoms with E-state index >= 15 is 0 Å². The first-order valence-corrected chi connectivity index (χ1v) is 13.1. The molecule has 0 aromatic heterocycles. The summed E-state index contributed by atoms with van der Waals surface area (Å²) in [5.41, 5.74) is 2.38. The van der Waals surface area contributed by atoms with Gasteiger partial charge < -0.3 is 10.0 Å². The number of aliphatic hydroxyl groups excluding tert-OH is 1. The smallest absolute Gasteiger partial charge is 0.237 e. The van der Waals surface area contributed by atoms with Gasteiger partial charge >= 0.3 is 0 Å². The van der Waals surface area contributed by atoms with Gasteiger partial charge in [0.05, 0.1) is 17.6 Å². The zero-order chi connectivity index (χ0) is 25.1. The van der Waals surface area contributed by atoms with Crippen LogP contribution in [-0.4, -0.2) is 77.1 Å². The Kier molecular flexibility index (Phi) is 7.44. The van der Waals surface area contributed by atoms with Gasteiger partial charge in [0.1, 0.15) is 0 Å². The molecule has 3 aromatic carbocycles. The minimum Gasteiger partial charge on any atom is -0.390 e. The lowest BCUT2D eigenvalue weighted by Gasteiger charge is -2.39. The van der Waals surface area contributed by atoms with E-state index in [0.29, 0.717) is 13.1 Å². The summed E-state index contributed by atoms with van der Waals surface area (Å²) < 4.78 is 0. The van der Waals surface area contributed by atoms with E-state index < -0.39 is 11.5 Å². The first kappa shape index (κ1) is 25.0. The summed E-state index contributed by atoms with van der Waals surface area (Å²) in [6, 6.07) is 28.0. The van der Waals surface area contributed by atoms with Crippen LogP contribution in [0.5, 0.6) is 0 Å². The molecule has 188 valence electrons. The largest absolute Gasteiger partial charge is 0.390 e. The third-order valence-corrected chi connectivity index (χ3v) is 8.12. The number of carbonyl (C=O) groups excluding carboxylic acids is 1. The number of halogens is 1. The van der Waals surface area contributed by atoms with Crippen LogP contribution in [0.4, 0.5) is 0 Å². The van der Waals surface area contributed by atoms with Gasteiger partial charge in [-0.05, 0) is 35.7 Å². The number of hydrogen-bond acceptors (Lipinski definition) is 4. The molecular formula is C30H34ClN3O2. The van der Waals surface area contributed by atoms with Gasteiger partial charge in [-0.1, -0.05) is 84.4 Å². The maximum Gasteiger partial charge on any atom is 0.237 e. The molecule has 5 rings (SSSR count). The Morgan fingerprint density at radius 1 is 0.861 bits per heavy atom. The third kappa shape index (κ3) is 5.07. The summed E-state index contributed by atoms with van der Waals surface area (Å²) >= 11 is 6.02. The molecule has 0 radical (unpaired) electrons. The fourth-order valence-corrected chi connectivity index (χ4v) is 5.79. The monoisotopic (exact) mass is 503 g/mol. The van der Waals surface area contributed by atoms with Crippen molar-refractivity contribution in [3.63, 3.8) is 0 Å². The van der Waals surface area contributed by atoms with Crippen LogP contribution in [0.3, 0.4) is 0 Å². The van der Waals surface area contributed by atoms with Gasteiger partial charge in [0.25, 0.3) is 0 Å². The van der Waals surface area contributed by atoms with Crippen LogP contribution in [0.25, 0.3) is 0 Å². The first-order chi connectivity index (χ1) is 17.4. The van der Waals surface area contributed by atoms with Crippen LogP contribution in [0.1, 0.15) is 23.6 Å². The fraction of sp³-hybridized carbons (Fsp3) is 0.367. The highest BCUT2D eigenvalue weighted by Gasteiger charge is 2.45. The van der Waals surface area contributed by atoms with E-state index in [-0.39, 0.29) is 11.9 Å². The molecule has 2 aliphatic rings. The van der Waals surface area contributed by atoms with Crippen LogP contribution in [0.2, 0.25) is 5.02 Å². The number of hydrogen-bond donors (Lipinski definition) is 1. The Hall–Kier alpha value is -2.70. The van der Waals surface area contributed by atoms with Gasteiger partial charge in [0, 0.05) is 50.8 Å². The van der Waals surface area contributed by atoms with E-state index in [1.807, 2.05) is 84.6 Å². The summed E-state index contributed by atoms with van der Waals surface area (Å²) in [5, 5.41) is 11.8. The van der Waals surface area contributed by atoms with E-state index in [4.69, 9.17) is 11.6 Å². The molecule has 0 saturated carbocycles. The van der Waals surface area contributed by atoms with Crippen molar-refractivity contribution in [3.05, 3.63) is 107 Å². The van der Waals surface area contributed by atoms with Gasteiger partial charge in [-0.3, -0.25) is 14.6 Å². The number of piperazine rings is 1. The molecule has 2 atom stereocenters. The van der Waals surface area contributed by atoms with E-state index in [1.54, 1.807) is 0 Å². The molecule has 0 bridgehead atoms. The molecule has 0 aliphatic carbocycles. The molecule has 0 unspecified atom stereocenters. The highest BCUT2D eigenvalue weighted by molar-refractivity contribution is 6.30. The fourth-order valence-electron chi connectivity index (χ4n) is 5.67. The molecule has 1 amide bonds. The zero-order valence-electron chi connectivity index (χ0n) is 20.8. The Morgan fingerprint density at radius 3 is 1.97 bits per heavy atom. The number of amides is 1. The second-order valence-electron chi connectivity index (χ2n) is 10.1. The number of benzene rings is 3. The minimum atomic E-state index is -0.811. The Labute approximate surface area is 218 Å². The number of nitrogens with zero attached hydrogens (tertiary/aromatic N) is 3. The number of rotatable bonds is 6. The summed E-state index contributed by atoms with van der Waals surface area (Å²) in [6.07, 6.45) is -0.549. The van der Waals surface area contributed by atoms with Crippen LogP contribution in [0.15, 0.2) is 84.9 Å². The average Bonchev–Trinajstić information content (AvgIpc) is 3.32. The maximum atomic E-state index is 14.1. The Morgan fingerprint density at radius 2 is 1.42 bits per heavy atom. The van der Waals surface area contributed by atoms with Gasteiger partial charge in [0.15, 0.2) is 0 Å². The average molecular weight is 504 g/mol. The molecule has 2 fully saturated rings. The van der Waals surface area contributed by atoms with Crippen molar-refractivity contribution in [2.45, 2.75) is 31.0 Å². The van der Waals surface area contributed by atoms with Gasteiger partial charge in [0.2, 0.25) is 5.91 Å². The zero-order valence-corrected chi connectivity index (χ0v) is 21.5. The van der Waals surface area contributed by atoms with Gasteiger partial charge in [-0.2, -0.15) is 0 Å². The quantitative estimate of drug-likeness (QED) is 0.551. The lowest BCUT2D eigenvalue weighted by molar-refractivity contribution is -0.134. The first-order valence-electron chi connectivity index (χ1n) is 12.7. The van der Waals surface area contributed by atoms with Crippen molar-refractivity contribution in [3.8, 4) is 0 Å². The van der Waals surface area contributed by atoms with Crippen molar-refractivity contribution < 1.29 is 9.90 Å². The molecule has 0 spiro atoms. The van der Waals surface area contributed by atoms with Crippen molar-refractivity contribution >= 4 is 17.5 Å². The van der Waals surface area contributed by atoms with Gasteiger partial charge in [-0.25, -0.2) is 0 Å². The SMILES string of the molecule is CC(C(=O)N1C[C@@H](O)[C@H](N2CCN(Cc3ccc(Cl)cc3)CC2)C1)(c1ccccc1)c1ccccc1. The number of carbonyl (C=O) groups is 1. The highest BCUT2D eigenvalue weighted by atomic mass is 35.5. The normalized spacial score (nSPS) is 21.6. The summed E-state index contributed by atoms with van der Waals surface area (Å²) in [4.78, 5) is 20.8. The van der Waals surface area contributed by atoms with Crippen molar-refractivity contribution in [1.82, 2.24) is 14.7 Å². The number of β-amino-alcohol motifs (C(OH)–C–C–N with tert-alkyl or cyclic N) is 1. The lowest BCUT2D eigenvalue weighted by Crippen LogP contribution is -2.53. The predicted molar refractivity (Wildman–Crippen MR) is 144 cm³/mol. The number of likely N-dealkylation sites (tertiary alicyclic amines) is 1. The van der Waals surface area contributed by atoms with E-state index in [1.165, 1.54) is 5.56 Å². The molecule has 2 saturated heterocycles. The Bertz CT molecular complexity index is 1110. The molecule has 1 N–H and O–H groups in total. The Balaban J connectivity index is 1.26. The third-order valence-electron chi connectivity index (χ3n) is 7.87. The molecule has 3 aromatic rings. The maximum absolute atomic E-state index is 14.1. The minimum absolute atomic E-state index is 0.0394. The standard InChI is InChI=1S/C30H34ClN3O2/c1-30(24-8-4-2-5-9-24,25-10-6-3-7-11-25)29(36)34-21-27(28(35)22-34)33-18-16-32(17-19-33)20-23-12-14-26(31)15-13-23/h2-15,27-28,35H,16-22H2,1H3/t27-,28-/m1/s1. The lowest BCUT2D eigenvalue weighted by atomic mass is 9.75. The van der Waals surface area contributed by atoms with Crippen LogP contribution >= 0.6 is 11.6 Å². The molecule has 5 nitrogen and oxygen atoms in total. The second-order valence-corrected chi connectivity index (χ2v) is 10.6. The van der Waals surface area contributed by atoms with Crippen molar-refractivity contribution in [2.75, 3.05) is 39.3 Å². The molecule has 6 heteroatoms. The number of aliphatic hydroxyl groups is 1. The molecule has 36 heavy (non-hydrogen) atoms. The predicted octanol–water partition coefficient (Wildman–Crippen LogP) is 4.04. The molecule has 2 heterocycles. The summed E-state index contributed by atoms with van der Waals surface area (Å²) in [6.45, 7) is 7.45. The second kappa shape index (κ2) is 10.7. The summed E-state index contributed by atoms with van der Waals surface area (Å²) in [7, 11) is 0. The molecular weight excluding hydrogens is 470 g/mol. The van der Waals surface area contributed by atoms with Crippen LogP contribution < -0.4 is 0 Å². The van der Waals surface area contributed by atoms with E-state index in [0.717, 1.165) is 48.9 Å². The van der Waals surface area contributed by atoms with E-state index in [9.17, 15) is 9.90 Å². The molecule has 2 aliphatic heterocycles. The van der Waals surface area contributed by atoms with Crippen molar-refractivity contribution in [2.24, 2.45) is 0 Å². The van der Waals surface area contributed by atoms with Crippen molar-refractivity contribution in [1.29, 1.82) is 0 Å². The van der Waals surface area contributed by atoms with E-state index in [2.05, 4.69) is 21.9 Å². The highest BCUT2D eigenvalue weighted by Crippen LogP contribution is 2.35. The van der Waals surface area contributed by atoms with Gasteiger partial charge in [-0.15, -0.1) is 0 Å². The topological polar surface area (TPSA) is 47.0 Å². The van der Waals surface area contributed by atoms with Crippen LogP contribution in [-0.2, 0) is 16.8 Å². The summed E-state index contributed by atoms with van der Waals surface area (Å²) in [5.74, 6) is 0.0443.